The molecule has 1 rings (SSSR count). The Morgan fingerprint density at radius 1 is 1.53 bits per heavy atom. The van der Waals surface area contributed by atoms with Crippen LogP contribution >= 0.6 is 11.8 Å². The Morgan fingerprint density at radius 3 is 2.88 bits per heavy atom. The van der Waals surface area contributed by atoms with Gasteiger partial charge in [0.2, 0.25) is 0 Å². The lowest BCUT2D eigenvalue weighted by atomic mass is 10.2. The molecule has 1 N–H and O–H groups in total. The fourth-order valence-corrected chi connectivity index (χ4v) is 2.32. The zero-order chi connectivity index (χ0) is 12.7. The molecule has 5 heteroatoms. The van der Waals surface area contributed by atoms with Gasteiger partial charge in [0, 0.05) is 30.5 Å². The minimum absolute atomic E-state index is 0.155. The van der Waals surface area contributed by atoms with Crippen molar-refractivity contribution < 1.29 is 4.92 Å². The third kappa shape index (κ3) is 4.75. The molecule has 0 radical (unpaired) electrons. The molecule has 0 amide bonds. The second-order valence-corrected chi connectivity index (χ2v) is 4.78. The van der Waals surface area contributed by atoms with Crippen LogP contribution in [0.15, 0.2) is 24.3 Å². The average molecular weight is 254 g/mol. The molecule has 0 spiro atoms. The van der Waals surface area contributed by atoms with Gasteiger partial charge in [-0.3, -0.25) is 10.1 Å². The first kappa shape index (κ1) is 14.0. The molecule has 0 aliphatic carbocycles. The number of hydrogen-bond acceptors (Lipinski definition) is 4. The summed E-state index contributed by atoms with van der Waals surface area (Å²) in [5.74, 6) is 1.06. The molecule has 0 bridgehead atoms. The van der Waals surface area contributed by atoms with Crippen LogP contribution < -0.4 is 5.32 Å². The van der Waals surface area contributed by atoms with Crippen LogP contribution in [0, 0.1) is 10.1 Å². The second kappa shape index (κ2) is 7.29. The maximum absolute atomic E-state index is 10.6. The summed E-state index contributed by atoms with van der Waals surface area (Å²) in [6, 6.07) is 7.24. The summed E-state index contributed by atoms with van der Waals surface area (Å²) in [5.41, 5.74) is 1.11. The van der Waals surface area contributed by atoms with Crippen LogP contribution in [-0.4, -0.2) is 23.0 Å². The van der Waals surface area contributed by atoms with Gasteiger partial charge in [0.05, 0.1) is 4.92 Å². The molecule has 1 aromatic rings. The molecule has 1 aromatic carbocycles. The maximum atomic E-state index is 10.6. The van der Waals surface area contributed by atoms with Gasteiger partial charge >= 0.3 is 0 Å². The number of rotatable bonds is 7. The monoisotopic (exact) mass is 254 g/mol. The molecule has 0 aliphatic heterocycles. The molecule has 0 fully saturated rings. The Balaban J connectivity index is 2.56. The van der Waals surface area contributed by atoms with E-state index in [1.807, 2.05) is 6.07 Å². The highest BCUT2D eigenvalue weighted by atomic mass is 32.2. The number of non-ortho nitro benzene ring substituents is 1. The fraction of sp³-hybridized carbons (Fsp3) is 0.500. The lowest BCUT2D eigenvalue weighted by Crippen LogP contribution is -2.30. The van der Waals surface area contributed by atoms with Gasteiger partial charge in [-0.15, -0.1) is 0 Å². The first-order valence-corrected chi connectivity index (χ1v) is 7.02. The Kier molecular flexibility index (Phi) is 6.00. The molecular weight excluding hydrogens is 236 g/mol. The normalized spacial score (nSPS) is 12.4. The summed E-state index contributed by atoms with van der Waals surface area (Å²) in [6.07, 6.45) is 3.15. The summed E-state index contributed by atoms with van der Waals surface area (Å²) in [6.45, 7) is 2.82. The van der Waals surface area contributed by atoms with E-state index in [0.29, 0.717) is 12.6 Å². The number of benzene rings is 1. The molecule has 0 saturated heterocycles. The van der Waals surface area contributed by atoms with Crippen LogP contribution in [0.4, 0.5) is 5.69 Å². The van der Waals surface area contributed by atoms with Crippen molar-refractivity contribution in [2.75, 3.05) is 12.0 Å². The van der Waals surface area contributed by atoms with Gasteiger partial charge in [0.25, 0.3) is 5.69 Å². The summed E-state index contributed by atoms with van der Waals surface area (Å²) < 4.78 is 0. The molecule has 0 aromatic heterocycles. The van der Waals surface area contributed by atoms with Crippen LogP contribution in [-0.2, 0) is 6.54 Å². The SMILES string of the molecule is CCC(CSC)NCc1cccc([N+](=O)[O-])c1. The summed E-state index contributed by atoms with van der Waals surface area (Å²) >= 11 is 1.81. The highest BCUT2D eigenvalue weighted by Crippen LogP contribution is 2.13. The van der Waals surface area contributed by atoms with E-state index in [-0.39, 0.29) is 10.6 Å². The summed E-state index contributed by atoms with van der Waals surface area (Å²) in [7, 11) is 0. The number of nitro groups is 1. The lowest BCUT2D eigenvalue weighted by Gasteiger charge is -2.15. The first-order valence-electron chi connectivity index (χ1n) is 5.63. The van der Waals surface area contributed by atoms with E-state index < -0.39 is 0 Å². The topological polar surface area (TPSA) is 55.2 Å². The van der Waals surface area contributed by atoms with E-state index in [0.717, 1.165) is 17.7 Å². The van der Waals surface area contributed by atoms with Crippen molar-refractivity contribution in [3.63, 3.8) is 0 Å². The third-order valence-electron chi connectivity index (χ3n) is 2.58. The predicted octanol–water partition coefficient (Wildman–Crippen LogP) is 2.83. The van der Waals surface area contributed by atoms with Gasteiger partial charge < -0.3 is 5.32 Å². The standard InChI is InChI=1S/C12H18N2O2S/c1-3-11(9-17-2)13-8-10-5-4-6-12(7-10)14(15)16/h4-7,11,13H,3,8-9H2,1-2H3. The predicted molar refractivity (Wildman–Crippen MR) is 72.4 cm³/mol. The largest absolute Gasteiger partial charge is 0.309 e. The Hall–Kier alpha value is -1.07. The van der Waals surface area contributed by atoms with Crippen molar-refractivity contribution >= 4 is 17.4 Å². The second-order valence-electron chi connectivity index (χ2n) is 3.87. The van der Waals surface area contributed by atoms with Crippen molar-refractivity contribution in [3.8, 4) is 0 Å². The van der Waals surface area contributed by atoms with Crippen LogP contribution in [0.1, 0.15) is 18.9 Å². The molecule has 17 heavy (non-hydrogen) atoms. The Labute approximate surface area is 106 Å². The smallest absolute Gasteiger partial charge is 0.269 e. The third-order valence-corrected chi connectivity index (χ3v) is 3.31. The number of nitrogens with zero attached hydrogens (tertiary/aromatic N) is 1. The molecule has 0 heterocycles. The number of nitrogens with one attached hydrogen (secondary N) is 1. The highest BCUT2D eigenvalue weighted by molar-refractivity contribution is 7.98. The van der Waals surface area contributed by atoms with Crippen LogP contribution in [0.25, 0.3) is 0 Å². The molecule has 94 valence electrons. The average Bonchev–Trinajstić information content (AvgIpc) is 2.34. The van der Waals surface area contributed by atoms with Crippen molar-refractivity contribution in [1.29, 1.82) is 0 Å². The minimum atomic E-state index is -0.358. The van der Waals surface area contributed by atoms with Gasteiger partial charge in [-0.05, 0) is 18.2 Å². The van der Waals surface area contributed by atoms with Crippen molar-refractivity contribution in [1.82, 2.24) is 5.32 Å². The van der Waals surface area contributed by atoms with Crippen molar-refractivity contribution in [2.24, 2.45) is 0 Å². The van der Waals surface area contributed by atoms with Gasteiger partial charge in [0.15, 0.2) is 0 Å². The first-order chi connectivity index (χ1) is 8.17. The zero-order valence-corrected chi connectivity index (χ0v) is 11.0. The Bertz CT molecular complexity index is 371. The lowest BCUT2D eigenvalue weighted by molar-refractivity contribution is -0.384. The van der Waals surface area contributed by atoms with Crippen molar-refractivity contribution in [2.45, 2.75) is 25.9 Å². The molecule has 0 saturated carbocycles. The zero-order valence-electron chi connectivity index (χ0n) is 10.2. The van der Waals surface area contributed by atoms with E-state index in [1.165, 1.54) is 6.07 Å². The number of hydrogen-bond donors (Lipinski definition) is 1. The van der Waals surface area contributed by atoms with Gasteiger partial charge in [-0.1, -0.05) is 19.1 Å². The maximum Gasteiger partial charge on any atom is 0.269 e. The molecule has 0 aliphatic rings. The quantitative estimate of drug-likeness (QED) is 0.600. The Morgan fingerprint density at radius 2 is 2.29 bits per heavy atom. The number of nitro benzene ring substituents is 1. The van der Waals surface area contributed by atoms with E-state index in [4.69, 9.17) is 0 Å². The molecular formula is C12H18N2O2S. The summed E-state index contributed by atoms with van der Waals surface area (Å²) in [4.78, 5) is 10.3. The number of thioether (sulfide) groups is 1. The van der Waals surface area contributed by atoms with E-state index in [2.05, 4.69) is 18.5 Å². The van der Waals surface area contributed by atoms with Crippen LogP contribution in [0.5, 0.6) is 0 Å². The highest BCUT2D eigenvalue weighted by Gasteiger charge is 2.07. The van der Waals surface area contributed by atoms with E-state index in [1.54, 1.807) is 23.9 Å². The van der Waals surface area contributed by atoms with Crippen molar-refractivity contribution in [3.05, 3.63) is 39.9 Å². The molecule has 4 nitrogen and oxygen atoms in total. The van der Waals surface area contributed by atoms with E-state index >= 15 is 0 Å². The van der Waals surface area contributed by atoms with E-state index in [9.17, 15) is 10.1 Å². The fourth-order valence-electron chi connectivity index (χ4n) is 1.56. The molecule has 1 atom stereocenters. The van der Waals surface area contributed by atoms with Gasteiger partial charge in [-0.2, -0.15) is 11.8 Å². The molecule has 1 unspecified atom stereocenters. The van der Waals surface area contributed by atoms with Crippen LogP contribution in [0.2, 0.25) is 0 Å². The summed E-state index contributed by atoms with van der Waals surface area (Å²) in [5, 5.41) is 14.0. The van der Waals surface area contributed by atoms with Gasteiger partial charge in [0.1, 0.15) is 0 Å². The van der Waals surface area contributed by atoms with Crippen LogP contribution in [0.3, 0.4) is 0 Å². The minimum Gasteiger partial charge on any atom is -0.309 e. The van der Waals surface area contributed by atoms with Gasteiger partial charge in [-0.25, -0.2) is 0 Å².